The molecule has 3 nitrogen and oxygen atoms in total. The predicted molar refractivity (Wildman–Crippen MR) is 82.3 cm³/mol. The minimum Gasteiger partial charge on any atom is -0.327 e. The lowest BCUT2D eigenvalue weighted by Crippen LogP contribution is -2.51. The predicted octanol–water partition coefficient (Wildman–Crippen LogP) is 2.90. The van der Waals surface area contributed by atoms with Crippen molar-refractivity contribution >= 4 is 11.3 Å². The first-order valence-electron chi connectivity index (χ1n) is 7.28. The summed E-state index contributed by atoms with van der Waals surface area (Å²) in [5.41, 5.74) is 6.42. The van der Waals surface area contributed by atoms with Crippen molar-refractivity contribution in [2.24, 2.45) is 17.1 Å². The van der Waals surface area contributed by atoms with Crippen LogP contribution in [-0.4, -0.2) is 29.0 Å². The van der Waals surface area contributed by atoms with E-state index in [2.05, 4.69) is 43.8 Å². The zero-order valence-electron chi connectivity index (χ0n) is 12.6. The van der Waals surface area contributed by atoms with Crippen LogP contribution >= 0.6 is 11.3 Å². The van der Waals surface area contributed by atoms with Gasteiger partial charge < -0.3 is 5.73 Å². The summed E-state index contributed by atoms with van der Waals surface area (Å²) in [6.07, 6.45) is 4.26. The first kappa shape index (κ1) is 14.9. The van der Waals surface area contributed by atoms with E-state index in [0.29, 0.717) is 12.0 Å². The van der Waals surface area contributed by atoms with Crippen LogP contribution in [0.15, 0.2) is 6.20 Å². The number of nitrogens with zero attached hydrogens (tertiary/aromatic N) is 2. The quantitative estimate of drug-likeness (QED) is 0.922. The van der Waals surface area contributed by atoms with E-state index < -0.39 is 0 Å². The molecule has 108 valence electrons. The van der Waals surface area contributed by atoms with Gasteiger partial charge in [-0.3, -0.25) is 4.90 Å². The molecule has 1 aromatic heterocycles. The van der Waals surface area contributed by atoms with Gasteiger partial charge in [0.15, 0.2) is 0 Å². The van der Waals surface area contributed by atoms with E-state index in [1.54, 1.807) is 0 Å². The molecule has 1 saturated heterocycles. The summed E-state index contributed by atoms with van der Waals surface area (Å²) in [6.45, 7) is 12.3. The number of hydrogen-bond donors (Lipinski definition) is 1. The third-order valence-electron chi connectivity index (χ3n) is 3.95. The standard InChI is InChI=1S/C15H27N3S/c1-11(2)7-14-17-8-12(19-14)9-18-6-5-13(16)15(3,4)10-18/h8,11,13H,5-7,9-10,16H2,1-4H3. The van der Waals surface area contributed by atoms with Crippen molar-refractivity contribution in [2.45, 2.75) is 53.1 Å². The summed E-state index contributed by atoms with van der Waals surface area (Å²) in [6, 6.07) is 0.335. The van der Waals surface area contributed by atoms with Crippen LogP contribution in [0.2, 0.25) is 0 Å². The van der Waals surface area contributed by atoms with Crippen molar-refractivity contribution < 1.29 is 0 Å². The van der Waals surface area contributed by atoms with Gasteiger partial charge in [0.25, 0.3) is 0 Å². The van der Waals surface area contributed by atoms with Crippen molar-refractivity contribution in [1.82, 2.24) is 9.88 Å². The first-order valence-corrected chi connectivity index (χ1v) is 8.10. The maximum Gasteiger partial charge on any atom is 0.0930 e. The van der Waals surface area contributed by atoms with Crippen molar-refractivity contribution in [3.63, 3.8) is 0 Å². The number of likely N-dealkylation sites (tertiary alicyclic amines) is 1. The third kappa shape index (κ3) is 4.01. The molecule has 0 saturated carbocycles. The van der Waals surface area contributed by atoms with E-state index in [-0.39, 0.29) is 5.41 Å². The molecular formula is C15H27N3S. The van der Waals surface area contributed by atoms with E-state index in [4.69, 9.17) is 5.73 Å². The van der Waals surface area contributed by atoms with Gasteiger partial charge in [0.05, 0.1) is 5.01 Å². The SMILES string of the molecule is CC(C)Cc1ncc(CN2CCC(N)C(C)(C)C2)s1. The topological polar surface area (TPSA) is 42.2 Å². The lowest BCUT2D eigenvalue weighted by atomic mass is 9.80. The van der Waals surface area contributed by atoms with Crippen LogP contribution < -0.4 is 5.73 Å². The summed E-state index contributed by atoms with van der Waals surface area (Å²) in [4.78, 5) is 8.45. The minimum atomic E-state index is 0.226. The first-order chi connectivity index (χ1) is 8.87. The Balaban J connectivity index is 1.92. The highest BCUT2D eigenvalue weighted by Crippen LogP contribution is 2.29. The van der Waals surface area contributed by atoms with Crippen LogP contribution in [0.1, 0.15) is 44.0 Å². The number of thiazole rings is 1. The number of hydrogen-bond acceptors (Lipinski definition) is 4. The lowest BCUT2D eigenvalue weighted by molar-refractivity contribution is 0.0906. The zero-order valence-corrected chi connectivity index (χ0v) is 13.5. The maximum atomic E-state index is 6.19. The molecule has 1 aliphatic heterocycles. The summed E-state index contributed by atoms with van der Waals surface area (Å²) < 4.78 is 0. The number of rotatable bonds is 4. The summed E-state index contributed by atoms with van der Waals surface area (Å²) in [5, 5.41) is 1.28. The van der Waals surface area contributed by atoms with Crippen molar-refractivity contribution in [3.8, 4) is 0 Å². The van der Waals surface area contributed by atoms with Gasteiger partial charge in [-0.1, -0.05) is 27.7 Å². The van der Waals surface area contributed by atoms with Gasteiger partial charge in [-0.05, 0) is 17.8 Å². The van der Waals surface area contributed by atoms with Crippen LogP contribution in [0.5, 0.6) is 0 Å². The molecule has 2 rings (SSSR count). The number of nitrogens with two attached hydrogens (primary N) is 1. The average molecular weight is 281 g/mol. The van der Waals surface area contributed by atoms with Crippen LogP contribution in [-0.2, 0) is 13.0 Å². The van der Waals surface area contributed by atoms with Crippen LogP contribution in [0.3, 0.4) is 0 Å². The number of piperidine rings is 1. The molecule has 0 bridgehead atoms. The molecular weight excluding hydrogens is 254 g/mol. The molecule has 19 heavy (non-hydrogen) atoms. The Morgan fingerprint density at radius 1 is 1.53 bits per heavy atom. The molecule has 4 heteroatoms. The van der Waals surface area contributed by atoms with Gasteiger partial charge in [-0.25, -0.2) is 4.98 Å². The smallest absolute Gasteiger partial charge is 0.0930 e. The summed E-state index contributed by atoms with van der Waals surface area (Å²) in [5.74, 6) is 0.686. The molecule has 1 atom stereocenters. The fraction of sp³-hybridized carbons (Fsp3) is 0.800. The molecule has 1 aliphatic rings. The number of aromatic nitrogens is 1. The van der Waals surface area contributed by atoms with Gasteiger partial charge in [0, 0.05) is 43.2 Å². The second-order valence-electron chi connectivity index (χ2n) is 6.91. The average Bonchev–Trinajstić information content (AvgIpc) is 2.69. The summed E-state index contributed by atoms with van der Waals surface area (Å²) in [7, 11) is 0. The molecule has 1 aromatic rings. The monoisotopic (exact) mass is 281 g/mol. The molecule has 0 radical (unpaired) electrons. The molecule has 0 aliphatic carbocycles. The molecule has 0 aromatic carbocycles. The zero-order chi connectivity index (χ0) is 14.0. The van der Waals surface area contributed by atoms with E-state index in [1.807, 2.05) is 11.3 Å². The Bertz CT molecular complexity index is 411. The normalized spacial score (nSPS) is 24.0. The highest BCUT2D eigenvalue weighted by Gasteiger charge is 2.33. The Morgan fingerprint density at radius 3 is 2.89 bits per heavy atom. The van der Waals surface area contributed by atoms with Gasteiger partial charge >= 0.3 is 0 Å². The third-order valence-corrected chi connectivity index (χ3v) is 4.96. The van der Waals surface area contributed by atoms with Crippen LogP contribution in [0.4, 0.5) is 0 Å². The Kier molecular flexibility index (Phi) is 4.64. The fourth-order valence-corrected chi connectivity index (χ4v) is 3.88. The second kappa shape index (κ2) is 5.90. The van der Waals surface area contributed by atoms with E-state index in [0.717, 1.165) is 32.5 Å². The van der Waals surface area contributed by atoms with E-state index in [1.165, 1.54) is 9.88 Å². The molecule has 0 spiro atoms. The van der Waals surface area contributed by atoms with E-state index >= 15 is 0 Å². The lowest BCUT2D eigenvalue weighted by Gasteiger charge is -2.42. The van der Waals surface area contributed by atoms with Crippen LogP contribution in [0, 0.1) is 11.3 Å². The minimum absolute atomic E-state index is 0.226. The van der Waals surface area contributed by atoms with Crippen molar-refractivity contribution in [2.75, 3.05) is 13.1 Å². The van der Waals surface area contributed by atoms with Gasteiger partial charge in [0.2, 0.25) is 0 Å². The Labute approximate surface area is 121 Å². The van der Waals surface area contributed by atoms with Crippen LogP contribution in [0.25, 0.3) is 0 Å². The Morgan fingerprint density at radius 2 is 2.26 bits per heavy atom. The van der Waals surface area contributed by atoms with E-state index in [9.17, 15) is 0 Å². The molecule has 0 amide bonds. The Hall–Kier alpha value is -0.450. The maximum absolute atomic E-state index is 6.19. The van der Waals surface area contributed by atoms with Gasteiger partial charge in [0.1, 0.15) is 0 Å². The summed E-state index contributed by atoms with van der Waals surface area (Å²) >= 11 is 1.87. The fourth-order valence-electron chi connectivity index (χ4n) is 2.71. The highest BCUT2D eigenvalue weighted by atomic mass is 32.1. The molecule has 2 heterocycles. The van der Waals surface area contributed by atoms with Gasteiger partial charge in [-0.15, -0.1) is 11.3 Å². The van der Waals surface area contributed by atoms with Crippen molar-refractivity contribution in [3.05, 3.63) is 16.1 Å². The molecule has 1 fully saturated rings. The largest absolute Gasteiger partial charge is 0.327 e. The molecule has 2 N–H and O–H groups in total. The second-order valence-corrected chi connectivity index (χ2v) is 8.11. The highest BCUT2D eigenvalue weighted by molar-refractivity contribution is 7.11. The molecule has 1 unspecified atom stereocenters. The van der Waals surface area contributed by atoms with Crippen molar-refractivity contribution in [1.29, 1.82) is 0 Å². The van der Waals surface area contributed by atoms with Gasteiger partial charge in [-0.2, -0.15) is 0 Å².